The van der Waals surface area contributed by atoms with Crippen molar-refractivity contribution in [1.82, 2.24) is 10.6 Å². The number of hydrogen-bond acceptors (Lipinski definition) is 4. The summed E-state index contributed by atoms with van der Waals surface area (Å²) in [6.45, 7) is 11.0. The molecule has 30 heavy (non-hydrogen) atoms. The number of nitrogens with zero attached hydrogens (tertiary/aromatic N) is 1. The summed E-state index contributed by atoms with van der Waals surface area (Å²) in [5.74, 6) is 0.184. The zero-order chi connectivity index (χ0) is 20.2. The van der Waals surface area contributed by atoms with E-state index in [1.165, 1.54) is 11.3 Å². The van der Waals surface area contributed by atoms with E-state index < -0.39 is 0 Å². The third kappa shape index (κ3) is 6.49. The summed E-state index contributed by atoms with van der Waals surface area (Å²) in [5.41, 5.74) is 2.47. The van der Waals surface area contributed by atoms with Gasteiger partial charge in [0.1, 0.15) is 0 Å². The highest BCUT2D eigenvalue weighted by Gasteiger charge is 2.40. The molecule has 1 amide bonds. The Balaban J connectivity index is 0.00000225. The SMILES string of the molecule is COCC1(C(=O)NC2CCN(c3ccc(C(C)(C)C)cc3)CC2)CCNCC1.Cl.Cl. The van der Waals surface area contributed by atoms with Crippen LogP contribution in [0.5, 0.6) is 0 Å². The van der Waals surface area contributed by atoms with Gasteiger partial charge in [-0.3, -0.25) is 4.79 Å². The van der Waals surface area contributed by atoms with Crippen LogP contribution in [-0.2, 0) is 14.9 Å². The summed E-state index contributed by atoms with van der Waals surface area (Å²) in [6, 6.07) is 9.23. The number of ether oxygens (including phenoxy) is 1. The minimum atomic E-state index is -0.361. The first kappa shape index (κ1) is 27.0. The number of piperidine rings is 2. The lowest BCUT2D eigenvalue weighted by atomic mass is 9.78. The summed E-state index contributed by atoms with van der Waals surface area (Å²) in [7, 11) is 1.69. The summed E-state index contributed by atoms with van der Waals surface area (Å²) in [6.07, 6.45) is 3.69. The van der Waals surface area contributed by atoms with E-state index in [9.17, 15) is 4.79 Å². The lowest BCUT2D eigenvalue weighted by Crippen LogP contribution is -2.54. The smallest absolute Gasteiger partial charge is 0.228 e. The normalized spacial score (nSPS) is 19.4. The van der Waals surface area contributed by atoms with Crippen molar-refractivity contribution in [3.8, 4) is 0 Å². The van der Waals surface area contributed by atoms with Crippen LogP contribution in [0.1, 0.15) is 52.0 Å². The minimum Gasteiger partial charge on any atom is -0.384 e. The molecule has 1 aromatic rings. The predicted octanol–water partition coefficient (Wildman–Crippen LogP) is 3.93. The molecule has 1 aromatic carbocycles. The molecule has 7 heteroatoms. The van der Waals surface area contributed by atoms with Crippen molar-refractivity contribution in [2.24, 2.45) is 5.41 Å². The first-order valence-corrected chi connectivity index (χ1v) is 10.7. The molecule has 3 rings (SSSR count). The van der Waals surface area contributed by atoms with Gasteiger partial charge in [-0.2, -0.15) is 0 Å². The lowest BCUT2D eigenvalue weighted by Gasteiger charge is -2.39. The number of amides is 1. The Hall–Kier alpha value is -1.01. The molecule has 0 unspecified atom stereocenters. The number of benzene rings is 1. The first-order chi connectivity index (χ1) is 13.3. The predicted molar refractivity (Wildman–Crippen MR) is 129 cm³/mol. The van der Waals surface area contributed by atoms with Gasteiger partial charge in [-0.05, 0) is 61.9 Å². The second kappa shape index (κ2) is 11.6. The van der Waals surface area contributed by atoms with Crippen LogP contribution in [0.2, 0.25) is 0 Å². The van der Waals surface area contributed by atoms with Gasteiger partial charge in [0.2, 0.25) is 5.91 Å². The molecule has 0 aliphatic carbocycles. The van der Waals surface area contributed by atoms with E-state index in [4.69, 9.17) is 4.74 Å². The second-order valence-corrected chi connectivity index (χ2v) is 9.50. The van der Waals surface area contributed by atoms with Crippen molar-refractivity contribution in [3.05, 3.63) is 29.8 Å². The number of rotatable bonds is 5. The molecule has 5 nitrogen and oxygen atoms in total. The van der Waals surface area contributed by atoms with Crippen molar-refractivity contribution in [1.29, 1.82) is 0 Å². The highest BCUT2D eigenvalue weighted by molar-refractivity contribution is 5.85. The minimum absolute atomic E-state index is 0. The van der Waals surface area contributed by atoms with Crippen LogP contribution in [-0.4, -0.2) is 51.8 Å². The maximum atomic E-state index is 13.0. The van der Waals surface area contributed by atoms with Crippen LogP contribution in [0.25, 0.3) is 0 Å². The third-order valence-corrected chi connectivity index (χ3v) is 6.39. The average Bonchev–Trinajstić information content (AvgIpc) is 2.69. The van der Waals surface area contributed by atoms with Gasteiger partial charge in [0.05, 0.1) is 12.0 Å². The highest BCUT2D eigenvalue weighted by atomic mass is 35.5. The largest absolute Gasteiger partial charge is 0.384 e. The number of hydrogen-bond donors (Lipinski definition) is 2. The summed E-state index contributed by atoms with van der Waals surface area (Å²) >= 11 is 0. The van der Waals surface area contributed by atoms with Gasteiger partial charge in [-0.15, -0.1) is 24.8 Å². The number of methoxy groups -OCH3 is 1. The molecular weight excluding hydrogens is 421 g/mol. The fourth-order valence-corrected chi connectivity index (χ4v) is 4.41. The number of anilines is 1. The zero-order valence-electron chi connectivity index (χ0n) is 18.8. The Kier molecular flexibility index (Phi) is 10.4. The molecule has 0 spiro atoms. The van der Waals surface area contributed by atoms with Gasteiger partial charge in [0.25, 0.3) is 0 Å². The van der Waals surface area contributed by atoms with Gasteiger partial charge >= 0.3 is 0 Å². The number of nitrogens with one attached hydrogen (secondary N) is 2. The fourth-order valence-electron chi connectivity index (χ4n) is 4.41. The number of halogens is 2. The maximum Gasteiger partial charge on any atom is 0.228 e. The van der Waals surface area contributed by atoms with Crippen molar-refractivity contribution in [2.75, 3.05) is 44.8 Å². The Morgan fingerprint density at radius 3 is 2.20 bits per heavy atom. The molecule has 172 valence electrons. The number of carbonyl (C=O) groups is 1. The Morgan fingerprint density at radius 1 is 1.13 bits per heavy atom. The molecule has 2 aliphatic heterocycles. The molecule has 2 heterocycles. The summed E-state index contributed by atoms with van der Waals surface area (Å²) in [5, 5.41) is 6.69. The topological polar surface area (TPSA) is 53.6 Å². The Morgan fingerprint density at radius 2 is 1.70 bits per heavy atom. The van der Waals surface area contributed by atoms with Crippen molar-refractivity contribution >= 4 is 36.4 Å². The summed E-state index contributed by atoms with van der Waals surface area (Å²) in [4.78, 5) is 15.5. The molecule has 0 bridgehead atoms. The monoisotopic (exact) mass is 459 g/mol. The molecule has 0 atom stereocenters. The van der Waals surface area contributed by atoms with Crippen LogP contribution in [0.15, 0.2) is 24.3 Å². The molecule has 2 aliphatic rings. The van der Waals surface area contributed by atoms with E-state index >= 15 is 0 Å². The van der Waals surface area contributed by atoms with Gasteiger partial charge in [0.15, 0.2) is 0 Å². The van der Waals surface area contributed by atoms with E-state index in [2.05, 4.69) is 60.6 Å². The quantitative estimate of drug-likeness (QED) is 0.699. The van der Waals surface area contributed by atoms with Crippen LogP contribution in [0.3, 0.4) is 0 Å². The molecule has 2 fully saturated rings. The van der Waals surface area contributed by atoms with Crippen LogP contribution in [0.4, 0.5) is 5.69 Å². The fraction of sp³-hybridized carbons (Fsp3) is 0.696. The Bertz CT molecular complexity index is 642. The Labute approximate surface area is 194 Å². The van der Waals surface area contributed by atoms with E-state index in [0.717, 1.165) is 51.9 Å². The van der Waals surface area contributed by atoms with Crippen LogP contribution in [0, 0.1) is 5.41 Å². The standard InChI is InChI=1S/C23H37N3O2.2ClH/c1-22(2,3)18-5-7-20(8-6-18)26-15-9-19(10-16-26)25-21(27)23(17-28-4)11-13-24-14-12-23;;/h5-8,19,24H,9-17H2,1-4H3,(H,25,27);2*1H. The molecular formula is C23H39Cl2N3O2. The van der Waals surface area contributed by atoms with Crippen LogP contribution < -0.4 is 15.5 Å². The van der Waals surface area contributed by atoms with E-state index in [0.29, 0.717) is 6.61 Å². The van der Waals surface area contributed by atoms with Crippen LogP contribution >= 0.6 is 24.8 Å². The number of carbonyl (C=O) groups excluding carboxylic acids is 1. The van der Waals surface area contributed by atoms with E-state index in [-0.39, 0.29) is 47.6 Å². The van der Waals surface area contributed by atoms with Gasteiger partial charge in [-0.25, -0.2) is 0 Å². The third-order valence-electron chi connectivity index (χ3n) is 6.39. The van der Waals surface area contributed by atoms with Crippen molar-refractivity contribution in [2.45, 2.75) is 57.9 Å². The van der Waals surface area contributed by atoms with Crippen molar-refractivity contribution in [3.63, 3.8) is 0 Å². The average molecular weight is 460 g/mol. The molecule has 2 N–H and O–H groups in total. The molecule has 0 radical (unpaired) electrons. The van der Waals surface area contributed by atoms with E-state index in [1.54, 1.807) is 7.11 Å². The molecule has 0 saturated carbocycles. The zero-order valence-corrected chi connectivity index (χ0v) is 20.5. The van der Waals surface area contributed by atoms with Crippen molar-refractivity contribution < 1.29 is 9.53 Å². The molecule has 2 saturated heterocycles. The summed E-state index contributed by atoms with van der Waals surface area (Å²) < 4.78 is 5.41. The maximum absolute atomic E-state index is 13.0. The van der Waals surface area contributed by atoms with Gasteiger partial charge in [-0.1, -0.05) is 32.9 Å². The highest BCUT2D eigenvalue weighted by Crippen LogP contribution is 2.31. The van der Waals surface area contributed by atoms with Gasteiger partial charge in [0, 0.05) is 31.9 Å². The first-order valence-electron chi connectivity index (χ1n) is 10.7. The molecule has 0 aromatic heterocycles. The van der Waals surface area contributed by atoms with Gasteiger partial charge < -0.3 is 20.3 Å². The lowest BCUT2D eigenvalue weighted by molar-refractivity contribution is -0.137. The second-order valence-electron chi connectivity index (χ2n) is 9.50. The van der Waals surface area contributed by atoms with E-state index in [1.807, 2.05) is 0 Å².